The van der Waals surface area contributed by atoms with Crippen LogP contribution in [-0.2, 0) is 17.6 Å². The lowest BCUT2D eigenvalue weighted by molar-refractivity contribution is -0.143. The van der Waals surface area contributed by atoms with Crippen LogP contribution in [-0.4, -0.2) is 32.7 Å². The van der Waals surface area contributed by atoms with Crippen LogP contribution >= 0.6 is 0 Å². The largest absolute Gasteiger partial charge is 0.480 e. The van der Waals surface area contributed by atoms with E-state index >= 15 is 0 Å². The van der Waals surface area contributed by atoms with Crippen molar-refractivity contribution in [3.05, 3.63) is 53.3 Å². The highest BCUT2D eigenvalue weighted by atomic mass is 16.4. The van der Waals surface area contributed by atoms with E-state index < -0.39 is 17.4 Å². The smallest absolute Gasteiger partial charge is 0.329 e. The van der Waals surface area contributed by atoms with Gasteiger partial charge < -0.3 is 10.4 Å². The minimum Gasteiger partial charge on any atom is -0.480 e. The van der Waals surface area contributed by atoms with Crippen LogP contribution in [0, 0.1) is 0 Å². The summed E-state index contributed by atoms with van der Waals surface area (Å²) in [7, 11) is 0. The number of rotatable bonds is 6. The maximum atomic E-state index is 12.2. The molecule has 2 aromatic rings. The number of aliphatic carboxylic acids is 1. The first kappa shape index (κ1) is 15.8. The minimum absolute atomic E-state index is 0.192. The zero-order valence-corrected chi connectivity index (χ0v) is 12.6. The second kappa shape index (κ2) is 6.43. The quantitative estimate of drug-likeness (QED) is 0.758. The van der Waals surface area contributed by atoms with Crippen molar-refractivity contribution in [1.82, 2.24) is 15.5 Å². The Kier molecular flexibility index (Phi) is 4.60. The van der Waals surface area contributed by atoms with E-state index in [9.17, 15) is 14.7 Å². The number of aromatic amines is 1. The molecule has 0 aliphatic heterocycles. The lowest BCUT2D eigenvalue weighted by Gasteiger charge is -2.26. The maximum absolute atomic E-state index is 12.2. The van der Waals surface area contributed by atoms with Gasteiger partial charge in [0.1, 0.15) is 11.2 Å². The fraction of sp³-hybridized carbons (Fsp3) is 0.312. The molecule has 0 aliphatic carbocycles. The van der Waals surface area contributed by atoms with Gasteiger partial charge in [0.15, 0.2) is 0 Å². The summed E-state index contributed by atoms with van der Waals surface area (Å²) in [6, 6.07) is 10.8. The summed E-state index contributed by atoms with van der Waals surface area (Å²) < 4.78 is 0. The first-order valence-electron chi connectivity index (χ1n) is 7.08. The Balaban J connectivity index is 2.17. The number of hydrogen-bond acceptors (Lipinski definition) is 3. The lowest BCUT2D eigenvalue weighted by atomic mass is 9.92. The first-order chi connectivity index (χ1) is 10.4. The molecule has 0 radical (unpaired) electrons. The Morgan fingerprint density at radius 2 is 2.00 bits per heavy atom. The number of hydrogen-bond donors (Lipinski definition) is 3. The van der Waals surface area contributed by atoms with Crippen molar-refractivity contribution in [1.29, 1.82) is 0 Å². The van der Waals surface area contributed by atoms with E-state index in [0.717, 1.165) is 17.7 Å². The first-order valence-corrected chi connectivity index (χ1v) is 7.08. The van der Waals surface area contributed by atoms with Gasteiger partial charge in [0.25, 0.3) is 5.91 Å². The van der Waals surface area contributed by atoms with Crippen LogP contribution in [0.3, 0.4) is 0 Å². The third kappa shape index (κ3) is 3.52. The van der Waals surface area contributed by atoms with Gasteiger partial charge in [0.2, 0.25) is 0 Å². The highest BCUT2D eigenvalue weighted by Crippen LogP contribution is 2.15. The normalized spacial score (nSPS) is 13.4. The Morgan fingerprint density at radius 3 is 2.55 bits per heavy atom. The number of carbonyl (C=O) groups excluding carboxylic acids is 1. The van der Waals surface area contributed by atoms with Gasteiger partial charge in [-0.25, -0.2) is 4.79 Å². The highest BCUT2D eigenvalue weighted by Gasteiger charge is 2.35. The summed E-state index contributed by atoms with van der Waals surface area (Å²) in [6.07, 6.45) is 0.917. The molecular formula is C16H19N3O3. The Morgan fingerprint density at radius 1 is 1.32 bits per heavy atom. The average molecular weight is 301 g/mol. The van der Waals surface area contributed by atoms with Gasteiger partial charge in [0, 0.05) is 12.1 Å². The standard InChI is InChI=1S/C16H19N3O3/c1-3-12-9-13(19-18-12)14(20)17-16(2,15(21)22)10-11-7-5-4-6-8-11/h4-9H,3,10H2,1-2H3,(H,17,20)(H,18,19)(H,21,22)/t16-/m1/s1. The number of aromatic nitrogens is 2. The van der Waals surface area contributed by atoms with Gasteiger partial charge in [-0.05, 0) is 25.0 Å². The van der Waals surface area contributed by atoms with Crippen LogP contribution < -0.4 is 5.32 Å². The summed E-state index contributed by atoms with van der Waals surface area (Å²) >= 11 is 0. The molecule has 1 heterocycles. The Labute approximate surface area is 128 Å². The number of carboxylic acid groups (broad SMARTS) is 1. The third-order valence-electron chi connectivity index (χ3n) is 3.51. The van der Waals surface area contributed by atoms with Crippen LogP contribution in [0.25, 0.3) is 0 Å². The molecule has 1 atom stereocenters. The summed E-state index contributed by atoms with van der Waals surface area (Å²) in [5.74, 6) is -1.59. The molecule has 3 N–H and O–H groups in total. The van der Waals surface area contributed by atoms with Gasteiger partial charge in [-0.1, -0.05) is 37.3 Å². The lowest BCUT2D eigenvalue weighted by Crippen LogP contribution is -2.53. The molecule has 1 amide bonds. The number of amides is 1. The zero-order valence-electron chi connectivity index (χ0n) is 12.6. The van der Waals surface area contributed by atoms with Crippen molar-refractivity contribution >= 4 is 11.9 Å². The molecule has 116 valence electrons. The molecule has 6 heteroatoms. The number of aryl methyl sites for hydroxylation is 1. The number of carbonyl (C=O) groups is 2. The van der Waals surface area contributed by atoms with E-state index in [0.29, 0.717) is 0 Å². The number of nitrogens with zero attached hydrogens (tertiary/aromatic N) is 1. The van der Waals surface area contributed by atoms with Gasteiger partial charge >= 0.3 is 5.97 Å². The predicted molar refractivity (Wildman–Crippen MR) is 81.6 cm³/mol. The third-order valence-corrected chi connectivity index (χ3v) is 3.51. The van der Waals surface area contributed by atoms with Crippen LogP contribution in [0.4, 0.5) is 0 Å². The molecule has 0 unspecified atom stereocenters. The molecule has 0 saturated carbocycles. The van der Waals surface area contributed by atoms with E-state index in [4.69, 9.17) is 0 Å². The molecule has 0 aliphatic rings. The van der Waals surface area contributed by atoms with Crippen molar-refractivity contribution in [2.45, 2.75) is 32.2 Å². The van der Waals surface area contributed by atoms with Crippen LogP contribution in [0.5, 0.6) is 0 Å². The monoisotopic (exact) mass is 301 g/mol. The SMILES string of the molecule is CCc1cc(C(=O)N[C@](C)(Cc2ccccc2)C(=O)O)n[nH]1. The molecule has 1 aromatic carbocycles. The molecule has 0 bridgehead atoms. The van der Waals surface area contributed by atoms with Gasteiger partial charge in [-0.3, -0.25) is 9.89 Å². The number of nitrogens with one attached hydrogen (secondary N) is 2. The van der Waals surface area contributed by atoms with E-state index in [1.807, 2.05) is 37.3 Å². The van der Waals surface area contributed by atoms with Crippen molar-refractivity contribution in [3.8, 4) is 0 Å². The zero-order chi connectivity index (χ0) is 16.2. The average Bonchev–Trinajstić information content (AvgIpc) is 2.97. The van der Waals surface area contributed by atoms with Crippen LogP contribution in [0.2, 0.25) is 0 Å². The highest BCUT2D eigenvalue weighted by molar-refractivity contribution is 5.96. The number of benzene rings is 1. The fourth-order valence-electron chi connectivity index (χ4n) is 2.15. The molecular weight excluding hydrogens is 282 g/mol. The summed E-state index contributed by atoms with van der Waals surface area (Å²) in [4.78, 5) is 23.8. The van der Waals surface area contributed by atoms with Gasteiger partial charge in [-0.15, -0.1) is 0 Å². The fourth-order valence-corrected chi connectivity index (χ4v) is 2.15. The van der Waals surface area contributed by atoms with Crippen molar-refractivity contribution < 1.29 is 14.7 Å². The Bertz CT molecular complexity index is 666. The van der Waals surface area contributed by atoms with Crippen molar-refractivity contribution in [3.63, 3.8) is 0 Å². The van der Waals surface area contributed by atoms with Crippen LogP contribution in [0.15, 0.2) is 36.4 Å². The molecule has 0 saturated heterocycles. The second-order valence-corrected chi connectivity index (χ2v) is 5.39. The number of H-pyrrole nitrogens is 1. The minimum atomic E-state index is -1.40. The molecule has 6 nitrogen and oxygen atoms in total. The van der Waals surface area contributed by atoms with Crippen molar-refractivity contribution in [2.75, 3.05) is 0 Å². The summed E-state index contributed by atoms with van der Waals surface area (Å²) in [6.45, 7) is 3.43. The molecule has 1 aromatic heterocycles. The summed E-state index contributed by atoms with van der Waals surface area (Å²) in [5.41, 5.74) is 0.454. The van der Waals surface area contributed by atoms with Crippen LogP contribution in [0.1, 0.15) is 35.6 Å². The summed E-state index contributed by atoms with van der Waals surface area (Å²) in [5, 5.41) is 18.7. The maximum Gasteiger partial charge on any atom is 0.329 e. The van der Waals surface area contributed by atoms with E-state index in [1.54, 1.807) is 6.07 Å². The van der Waals surface area contributed by atoms with Gasteiger partial charge in [-0.2, -0.15) is 5.10 Å². The molecule has 0 spiro atoms. The molecule has 22 heavy (non-hydrogen) atoms. The van der Waals surface area contributed by atoms with E-state index in [1.165, 1.54) is 6.92 Å². The Hall–Kier alpha value is -2.63. The van der Waals surface area contributed by atoms with Crippen molar-refractivity contribution in [2.24, 2.45) is 0 Å². The van der Waals surface area contributed by atoms with E-state index in [2.05, 4.69) is 15.5 Å². The number of carboxylic acids is 1. The molecule has 2 rings (SSSR count). The topological polar surface area (TPSA) is 95.1 Å². The predicted octanol–water partition coefficient (Wildman–Crippen LogP) is 1.79. The van der Waals surface area contributed by atoms with E-state index in [-0.39, 0.29) is 12.1 Å². The molecule has 0 fully saturated rings. The second-order valence-electron chi connectivity index (χ2n) is 5.39. The van der Waals surface area contributed by atoms with Gasteiger partial charge in [0.05, 0.1) is 0 Å².